The first-order valence-corrected chi connectivity index (χ1v) is 5.36. The van der Waals surface area contributed by atoms with Crippen molar-refractivity contribution in [2.24, 2.45) is 5.41 Å². The molecule has 1 aromatic rings. The van der Waals surface area contributed by atoms with Gasteiger partial charge in [-0.3, -0.25) is 0 Å². The summed E-state index contributed by atoms with van der Waals surface area (Å²) < 4.78 is 5.46. The summed E-state index contributed by atoms with van der Waals surface area (Å²) in [5.41, 5.74) is -0.289. The van der Waals surface area contributed by atoms with Gasteiger partial charge in [-0.1, -0.05) is 6.07 Å². The number of benzene rings is 1. The molecule has 86 valence electrons. The maximum atomic E-state index is 9.21. The average molecular weight is 219 g/mol. The second-order valence-corrected chi connectivity index (χ2v) is 4.45. The van der Waals surface area contributed by atoms with Crippen LogP contribution in [0.2, 0.25) is 0 Å². The van der Waals surface area contributed by atoms with E-state index in [2.05, 4.69) is 6.07 Å². The van der Waals surface area contributed by atoms with Gasteiger partial charge in [0.15, 0.2) is 0 Å². The summed E-state index contributed by atoms with van der Waals surface area (Å²) >= 11 is 0. The molecule has 0 heterocycles. The maximum absolute atomic E-state index is 9.21. The smallest absolute Gasteiger partial charge is 0.122 e. The van der Waals surface area contributed by atoms with Gasteiger partial charge in [0.25, 0.3) is 0 Å². The van der Waals surface area contributed by atoms with Crippen molar-refractivity contribution in [2.45, 2.75) is 26.7 Å². The Hall–Kier alpha value is -1.69. The van der Waals surface area contributed by atoms with Gasteiger partial charge >= 0.3 is 0 Å². The molecule has 0 aliphatic heterocycles. The summed E-state index contributed by atoms with van der Waals surface area (Å²) in [5.74, 6) is 0.865. The molecule has 0 spiro atoms. The molecule has 1 aromatic carbocycles. The lowest BCUT2D eigenvalue weighted by molar-refractivity contribution is 0.283. The van der Waals surface area contributed by atoms with Gasteiger partial charge in [-0.05, 0) is 38.8 Å². The second kappa shape index (κ2) is 5.41. The van der Waals surface area contributed by atoms with Crippen LogP contribution in [0.25, 0.3) is 0 Å². The minimum Gasteiger partial charge on any atom is -0.508 e. The van der Waals surface area contributed by atoms with Gasteiger partial charge < -0.3 is 9.84 Å². The molecule has 3 heteroatoms. The van der Waals surface area contributed by atoms with Crippen LogP contribution in [0.5, 0.6) is 11.5 Å². The number of hydrogen-bond donors (Lipinski definition) is 1. The zero-order valence-corrected chi connectivity index (χ0v) is 9.73. The fraction of sp³-hybridized carbons (Fsp3) is 0.462. The van der Waals surface area contributed by atoms with Gasteiger partial charge in [0.05, 0.1) is 18.1 Å². The van der Waals surface area contributed by atoms with E-state index in [0.29, 0.717) is 12.4 Å². The lowest BCUT2D eigenvalue weighted by Crippen LogP contribution is -2.10. The first-order valence-electron chi connectivity index (χ1n) is 5.36. The summed E-state index contributed by atoms with van der Waals surface area (Å²) in [6.07, 6.45) is 1.64. The highest BCUT2D eigenvalue weighted by Gasteiger charge is 2.15. The number of nitrogens with zero attached hydrogens (tertiary/aromatic N) is 1. The van der Waals surface area contributed by atoms with Gasteiger partial charge in [0.1, 0.15) is 11.5 Å². The Morgan fingerprint density at radius 2 is 2.19 bits per heavy atom. The fourth-order valence-corrected chi connectivity index (χ4v) is 1.33. The molecular formula is C13H17NO2. The Morgan fingerprint density at radius 1 is 1.44 bits per heavy atom. The first-order chi connectivity index (χ1) is 7.53. The first kappa shape index (κ1) is 12.4. The van der Waals surface area contributed by atoms with Crippen molar-refractivity contribution in [1.29, 1.82) is 5.26 Å². The van der Waals surface area contributed by atoms with Gasteiger partial charge in [0, 0.05) is 6.07 Å². The van der Waals surface area contributed by atoms with Gasteiger partial charge in [0.2, 0.25) is 0 Å². The molecule has 0 unspecified atom stereocenters. The highest BCUT2D eigenvalue weighted by atomic mass is 16.5. The average Bonchev–Trinajstić information content (AvgIpc) is 2.25. The van der Waals surface area contributed by atoms with Crippen LogP contribution in [0.4, 0.5) is 0 Å². The lowest BCUT2D eigenvalue weighted by atomic mass is 9.90. The third kappa shape index (κ3) is 4.22. The maximum Gasteiger partial charge on any atom is 0.122 e. The highest BCUT2D eigenvalue weighted by Crippen LogP contribution is 2.22. The van der Waals surface area contributed by atoms with Gasteiger partial charge in [-0.15, -0.1) is 0 Å². The van der Waals surface area contributed by atoms with Crippen LogP contribution >= 0.6 is 0 Å². The van der Waals surface area contributed by atoms with Crippen LogP contribution in [-0.2, 0) is 0 Å². The predicted molar refractivity (Wildman–Crippen MR) is 62.2 cm³/mol. The highest BCUT2D eigenvalue weighted by molar-refractivity contribution is 5.31. The number of aromatic hydroxyl groups is 1. The molecule has 3 nitrogen and oxygen atoms in total. The van der Waals surface area contributed by atoms with E-state index in [1.807, 2.05) is 13.8 Å². The topological polar surface area (TPSA) is 53.2 Å². The van der Waals surface area contributed by atoms with E-state index >= 15 is 0 Å². The molecule has 0 bridgehead atoms. The van der Waals surface area contributed by atoms with Crippen molar-refractivity contribution in [3.05, 3.63) is 24.3 Å². The summed E-state index contributed by atoms with van der Waals surface area (Å²) in [6.45, 7) is 4.40. The molecule has 0 saturated carbocycles. The summed E-state index contributed by atoms with van der Waals surface area (Å²) in [5, 5.41) is 18.0. The Balaban J connectivity index is 2.29. The number of phenolic OH excluding ortho intramolecular Hbond substituents is 1. The molecule has 0 saturated heterocycles. The third-order valence-electron chi connectivity index (χ3n) is 2.34. The van der Waals surface area contributed by atoms with E-state index < -0.39 is 0 Å². The summed E-state index contributed by atoms with van der Waals surface area (Å²) in [7, 11) is 0. The molecule has 0 atom stereocenters. The minimum atomic E-state index is -0.289. The van der Waals surface area contributed by atoms with Gasteiger partial charge in [-0.25, -0.2) is 0 Å². The van der Waals surface area contributed by atoms with Crippen LogP contribution in [0.3, 0.4) is 0 Å². The zero-order valence-electron chi connectivity index (χ0n) is 9.73. The van der Waals surface area contributed by atoms with E-state index in [4.69, 9.17) is 10.00 Å². The standard InChI is InChI=1S/C13H17NO2/c1-13(2,10-14)7-4-8-16-12-6-3-5-11(15)9-12/h3,5-6,9,15H,4,7-8H2,1-2H3. The molecule has 0 radical (unpaired) electrons. The molecule has 16 heavy (non-hydrogen) atoms. The zero-order chi connectivity index (χ0) is 12.0. The van der Waals surface area contributed by atoms with Crippen molar-refractivity contribution in [2.75, 3.05) is 6.61 Å². The molecule has 0 amide bonds. The lowest BCUT2D eigenvalue weighted by Gasteiger charge is -2.14. The Kier molecular flexibility index (Phi) is 4.19. The quantitative estimate of drug-likeness (QED) is 0.774. The van der Waals surface area contributed by atoms with Crippen LogP contribution in [0.1, 0.15) is 26.7 Å². The van der Waals surface area contributed by atoms with Crippen molar-refractivity contribution in [1.82, 2.24) is 0 Å². The number of hydrogen-bond acceptors (Lipinski definition) is 3. The van der Waals surface area contributed by atoms with Crippen LogP contribution in [0.15, 0.2) is 24.3 Å². The normalized spacial score (nSPS) is 10.8. The fourth-order valence-electron chi connectivity index (χ4n) is 1.33. The van der Waals surface area contributed by atoms with E-state index in [-0.39, 0.29) is 11.2 Å². The molecular weight excluding hydrogens is 202 g/mol. The number of ether oxygens (including phenoxy) is 1. The van der Waals surface area contributed by atoms with Crippen molar-refractivity contribution >= 4 is 0 Å². The van der Waals surface area contributed by atoms with Crippen LogP contribution < -0.4 is 4.74 Å². The molecule has 0 aliphatic carbocycles. The predicted octanol–water partition coefficient (Wildman–Crippen LogP) is 3.10. The van der Waals surface area contributed by atoms with Crippen molar-refractivity contribution < 1.29 is 9.84 Å². The van der Waals surface area contributed by atoms with Crippen molar-refractivity contribution in [3.63, 3.8) is 0 Å². The monoisotopic (exact) mass is 219 g/mol. The molecule has 1 N–H and O–H groups in total. The molecule has 0 aliphatic rings. The van der Waals surface area contributed by atoms with E-state index in [1.165, 1.54) is 0 Å². The number of rotatable bonds is 5. The number of phenols is 1. The Labute approximate surface area is 96.3 Å². The SMILES string of the molecule is CC(C)(C#N)CCCOc1cccc(O)c1. The molecule has 0 fully saturated rings. The Bertz CT molecular complexity index is 380. The van der Waals surface area contributed by atoms with E-state index in [9.17, 15) is 5.11 Å². The van der Waals surface area contributed by atoms with E-state index in [0.717, 1.165) is 12.8 Å². The van der Waals surface area contributed by atoms with E-state index in [1.54, 1.807) is 24.3 Å². The Morgan fingerprint density at radius 3 is 2.81 bits per heavy atom. The van der Waals surface area contributed by atoms with Crippen LogP contribution in [-0.4, -0.2) is 11.7 Å². The third-order valence-corrected chi connectivity index (χ3v) is 2.34. The summed E-state index contributed by atoms with van der Waals surface area (Å²) in [4.78, 5) is 0. The van der Waals surface area contributed by atoms with Crippen molar-refractivity contribution in [3.8, 4) is 17.6 Å². The second-order valence-electron chi connectivity index (χ2n) is 4.45. The van der Waals surface area contributed by atoms with Gasteiger partial charge in [-0.2, -0.15) is 5.26 Å². The van der Waals surface area contributed by atoms with Crippen LogP contribution in [0, 0.1) is 16.7 Å². The molecule has 0 aromatic heterocycles. The number of nitriles is 1. The molecule has 1 rings (SSSR count). The minimum absolute atomic E-state index is 0.204. The largest absolute Gasteiger partial charge is 0.508 e. The summed E-state index contributed by atoms with van der Waals surface area (Å²) in [6, 6.07) is 8.98.